The molecule has 0 aliphatic carbocycles. The fourth-order valence-corrected chi connectivity index (χ4v) is 3.91. The first-order chi connectivity index (χ1) is 10.2. The zero-order valence-corrected chi connectivity index (χ0v) is 12.8. The number of nitrogens with zero attached hydrogens (tertiary/aromatic N) is 2. The van der Waals surface area contributed by atoms with Crippen molar-refractivity contribution >= 4 is 5.69 Å². The minimum absolute atomic E-state index is 0.490. The maximum absolute atomic E-state index is 2.46. The predicted octanol–water partition coefficient (Wildman–Crippen LogP) is 3.41. The third-order valence-corrected chi connectivity index (χ3v) is 5.11. The zero-order chi connectivity index (χ0) is 14.4. The second kappa shape index (κ2) is 4.88. The molecule has 2 heterocycles. The van der Waals surface area contributed by atoms with Gasteiger partial charge in [0, 0.05) is 25.8 Å². The van der Waals surface area contributed by atoms with Crippen molar-refractivity contribution in [2.24, 2.45) is 0 Å². The van der Waals surface area contributed by atoms with Gasteiger partial charge in [-0.2, -0.15) is 0 Å². The van der Waals surface area contributed by atoms with Crippen LogP contribution in [0.25, 0.3) is 0 Å². The summed E-state index contributed by atoms with van der Waals surface area (Å²) in [7, 11) is 4.47. The summed E-state index contributed by atoms with van der Waals surface area (Å²) in [5.41, 5.74) is 7.51. The average molecular weight is 278 g/mol. The van der Waals surface area contributed by atoms with Crippen LogP contribution in [0.15, 0.2) is 42.5 Å². The van der Waals surface area contributed by atoms with Crippen LogP contribution in [0, 0.1) is 0 Å². The highest BCUT2D eigenvalue weighted by Crippen LogP contribution is 2.41. The van der Waals surface area contributed by atoms with E-state index in [4.69, 9.17) is 0 Å². The summed E-state index contributed by atoms with van der Waals surface area (Å²) >= 11 is 0. The van der Waals surface area contributed by atoms with Crippen LogP contribution in [0.2, 0.25) is 0 Å². The topological polar surface area (TPSA) is 6.48 Å². The van der Waals surface area contributed by atoms with E-state index in [9.17, 15) is 0 Å². The molecule has 2 aliphatic heterocycles. The molecule has 0 saturated carbocycles. The van der Waals surface area contributed by atoms with Crippen LogP contribution < -0.4 is 4.90 Å². The molecule has 0 fully saturated rings. The Labute approximate surface area is 127 Å². The number of fused-ring (bicyclic) bond motifs is 2. The quantitative estimate of drug-likeness (QED) is 0.789. The van der Waals surface area contributed by atoms with Gasteiger partial charge in [0.15, 0.2) is 0 Å². The van der Waals surface area contributed by atoms with Crippen molar-refractivity contribution in [2.75, 3.05) is 25.5 Å². The lowest BCUT2D eigenvalue weighted by atomic mass is 9.90. The van der Waals surface area contributed by atoms with Crippen LogP contribution in [0.4, 0.5) is 5.69 Å². The highest BCUT2D eigenvalue weighted by atomic mass is 15.2. The van der Waals surface area contributed by atoms with E-state index in [1.165, 1.54) is 29.8 Å². The van der Waals surface area contributed by atoms with E-state index in [1.807, 2.05) is 0 Å². The Morgan fingerprint density at radius 1 is 0.952 bits per heavy atom. The van der Waals surface area contributed by atoms with Crippen molar-refractivity contribution in [1.29, 1.82) is 0 Å². The van der Waals surface area contributed by atoms with Gasteiger partial charge < -0.3 is 9.80 Å². The number of benzene rings is 2. The van der Waals surface area contributed by atoms with Crippen molar-refractivity contribution in [1.82, 2.24) is 4.90 Å². The molecule has 0 spiro atoms. The first-order valence-corrected chi connectivity index (χ1v) is 7.84. The van der Waals surface area contributed by atoms with Crippen molar-refractivity contribution in [2.45, 2.75) is 25.4 Å². The number of rotatable bonds is 1. The Morgan fingerprint density at radius 2 is 1.76 bits per heavy atom. The molecule has 2 aromatic carbocycles. The van der Waals surface area contributed by atoms with Crippen LogP contribution in [-0.4, -0.2) is 25.5 Å². The maximum Gasteiger partial charge on any atom is 0.0583 e. The Bertz CT molecular complexity index is 677. The number of para-hydroxylation sites is 1. The van der Waals surface area contributed by atoms with Crippen molar-refractivity contribution in [3.8, 4) is 0 Å². The molecule has 0 saturated heterocycles. The third-order valence-electron chi connectivity index (χ3n) is 5.11. The Morgan fingerprint density at radius 3 is 2.62 bits per heavy atom. The van der Waals surface area contributed by atoms with Crippen LogP contribution >= 0.6 is 0 Å². The largest absolute Gasteiger partial charge is 0.367 e. The van der Waals surface area contributed by atoms with Gasteiger partial charge in [0.2, 0.25) is 0 Å². The summed E-state index contributed by atoms with van der Waals surface area (Å²) in [6, 6.07) is 16.2. The Balaban J connectivity index is 1.76. The molecule has 1 unspecified atom stereocenters. The summed E-state index contributed by atoms with van der Waals surface area (Å²) in [4.78, 5) is 4.90. The Kier molecular flexibility index (Phi) is 3.00. The summed E-state index contributed by atoms with van der Waals surface area (Å²) < 4.78 is 0. The van der Waals surface area contributed by atoms with Gasteiger partial charge in [0.25, 0.3) is 0 Å². The monoisotopic (exact) mass is 278 g/mol. The smallest absolute Gasteiger partial charge is 0.0583 e. The number of likely N-dealkylation sites (N-methyl/N-ethyl adjacent to an activating group) is 2. The average Bonchev–Trinajstić information content (AvgIpc) is 2.84. The lowest BCUT2D eigenvalue weighted by Crippen LogP contribution is -2.29. The van der Waals surface area contributed by atoms with Gasteiger partial charge in [-0.15, -0.1) is 0 Å². The summed E-state index contributed by atoms with van der Waals surface area (Å²) in [5, 5.41) is 0. The number of hydrogen-bond donors (Lipinski definition) is 0. The lowest BCUT2D eigenvalue weighted by Gasteiger charge is -2.31. The van der Waals surface area contributed by atoms with Gasteiger partial charge in [0.05, 0.1) is 6.04 Å². The van der Waals surface area contributed by atoms with E-state index < -0.39 is 0 Å². The maximum atomic E-state index is 2.46. The molecular weight excluding hydrogens is 256 g/mol. The van der Waals surface area contributed by atoms with Gasteiger partial charge in [-0.3, -0.25) is 0 Å². The fourth-order valence-electron chi connectivity index (χ4n) is 3.91. The molecular formula is C19H22N2. The summed E-state index contributed by atoms with van der Waals surface area (Å²) in [6.45, 7) is 2.27. The highest BCUT2D eigenvalue weighted by molar-refractivity contribution is 5.61. The molecule has 2 nitrogen and oxygen atoms in total. The van der Waals surface area contributed by atoms with Gasteiger partial charge in [-0.1, -0.05) is 36.4 Å². The molecule has 0 bridgehead atoms. The lowest BCUT2D eigenvalue weighted by molar-refractivity contribution is 0.310. The molecule has 1 atom stereocenters. The van der Waals surface area contributed by atoms with Crippen LogP contribution in [-0.2, 0) is 19.4 Å². The zero-order valence-electron chi connectivity index (χ0n) is 12.8. The minimum atomic E-state index is 0.490. The van der Waals surface area contributed by atoms with Crippen LogP contribution in [0.5, 0.6) is 0 Å². The summed E-state index contributed by atoms with van der Waals surface area (Å²) in [5.74, 6) is 0. The first kappa shape index (κ1) is 12.9. The molecule has 0 aromatic heterocycles. The van der Waals surface area contributed by atoms with Gasteiger partial charge >= 0.3 is 0 Å². The standard InChI is InChI=1S/C19H22N2/c1-20-11-10-14-7-5-8-16(17(14)13-20)19-12-15-6-3-4-9-18(15)21(19)2/h3-9,19H,10-13H2,1-2H3. The van der Waals surface area contributed by atoms with Crippen LogP contribution in [0.3, 0.4) is 0 Å². The first-order valence-electron chi connectivity index (χ1n) is 7.84. The highest BCUT2D eigenvalue weighted by Gasteiger charge is 2.30. The fraction of sp³-hybridized carbons (Fsp3) is 0.368. The predicted molar refractivity (Wildman–Crippen MR) is 87.8 cm³/mol. The van der Waals surface area contributed by atoms with Crippen molar-refractivity contribution in [3.63, 3.8) is 0 Å². The molecule has 21 heavy (non-hydrogen) atoms. The minimum Gasteiger partial charge on any atom is -0.367 e. The van der Waals surface area contributed by atoms with Gasteiger partial charge in [0.1, 0.15) is 0 Å². The number of hydrogen-bond acceptors (Lipinski definition) is 2. The molecule has 2 heteroatoms. The summed E-state index contributed by atoms with van der Waals surface area (Å²) in [6.07, 6.45) is 2.32. The normalized spacial score (nSPS) is 21.2. The second-order valence-electron chi connectivity index (χ2n) is 6.43. The molecule has 2 aliphatic rings. The Hall–Kier alpha value is -1.80. The van der Waals surface area contributed by atoms with Crippen molar-refractivity contribution in [3.05, 3.63) is 64.7 Å². The molecule has 0 amide bonds. The van der Waals surface area contributed by atoms with E-state index in [0.29, 0.717) is 6.04 Å². The SMILES string of the molecule is CN1CCc2cccc(C3Cc4ccccc4N3C)c2C1. The van der Waals surface area contributed by atoms with E-state index in [2.05, 4.69) is 66.4 Å². The molecule has 2 aromatic rings. The van der Waals surface area contributed by atoms with Crippen LogP contribution in [0.1, 0.15) is 28.3 Å². The van der Waals surface area contributed by atoms with E-state index in [-0.39, 0.29) is 0 Å². The van der Waals surface area contributed by atoms with E-state index in [1.54, 1.807) is 11.1 Å². The second-order valence-corrected chi connectivity index (χ2v) is 6.43. The molecule has 4 rings (SSSR count). The van der Waals surface area contributed by atoms with E-state index in [0.717, 1.165) is 13.0 Å². The molecule has 0 N–H and O–H groups in total. The van der Waals surface area contributed by atoms with E-state index >= 15 is 0 Å². The van der Waals surface area contributed by atoms with Crippen molar-refractivity contribution < 1.29 is 0 Å². The third kappa shape index (κ3) is 2.06. The van der Waals surface area contributed by atoms with Gasteiger partial charge in [-0.05, 0) is 48.2 Å². The molecule has 108 valence electrons. The number of anilines is 1. The van der Waals surface area contributed by atoms with Gasteiger partial charge in [-0.25, -0.2) is 0 Å². The molecule has 0 radical (unpaired) electrons.